The first-order chi connectivity index (χ1) is 26.0. The SMILES string of the molecule is CCCCCCCCCCC(CCCCCCCCC(=O)OCCC(CCCSSCCCC)CCCSSCCCC)OC(=O)C1CCN(C)CC1. The Labute approximate surface area is 345 Å². The molecule has 0 N–H and O–H groups in total. The summed E-state index contributed by atoms with van der Waals surface area (Å²) < 4.78 is 11.9. The molecule has 1 saturated heterocycles. The van der Waals surface area contributed by atoms with E-state index in [2.05, 4.69) is 32.7 Å². The van der Waals surface area contributed by atoms with E-state index in [4.69, 9.17) is 9.47 Å². The molecule has 0 aliphatic carbocycles. The molecule has 314 valence electrons. The summed E-state index contributed by atoms with van der Waals surface area (Å²) in [6.45, 7) is 9.38. The van der Waals surface area contributed by atoms with Gasteiger partial charge in [0.15, 0.2) is 0 Å². The molecule has 0 saturated carbocycles. The van der Waals surface area contributed by atoms with Gasteiger partial charge in [-0.1, -0.05) is 147 Å². The van der Waals surface area contributed by atoms with E-state index < -0.39 is 0 Å². The predicted octanol–water partition coefficient (Wildman–Crippen LogP) is 14.4. The van der Waals surface area contributed by atoms with Crippen molar-refractivity contribution in [1.29, 1.82) is 0 Å². The van der Waals surface area contributed by atoms with Crippen LogP contribution in [0.4, 0.5) is 0 Å². The zero-order chi connectivity index (χ0) is 38.5. The van der Waals surface area contributed by atoms with Crippen molar-refractivity contribution in [3.63, 3.8) is 0 Å². The summed E-state index contributed by atoms with van der Waals surface area (Å²) in [5.74, 6) is 5.81. The number of unbranched alkanes of at least 4 members (excludes halogenated alkanes) is 14. The van der Waals surface area contributed by atoms with Crippen molar-refractivity contribution in [2.24, 2.45) is 11.8 Å². The molecular formula is C44H85NO4S4. The molecule has 53 heavy (non-hydrogen) atoms. The maximum absolute atomic E-state index is 13.0. The van der Waals surface area contributed by atoms with Crippen molar-refractivity contribution in [1.82, 2.24) is 4.90 Å². The van der Waals surface area contributed by atoms with Gasteiger partial charge in [0.2, 0.25) is 0 Å². The number of likely N-dealkylation sites (tertiary alicyclic amines) is 1. The molecular weight excluding hydrogens is 735 g/mol. The van der Waals surface area contributed by atoms with Crippen molar-refractivity contribution in [3.05, 3.63) is 0 Å². The maximum Gasteiger partial charge on any atom is 0.309 e. The summed E-state index contributed by atoms with van der Waals surface area (Å²) in [7, 11) is 10.3. The molecule has 0 aromatic carbocycles. The van der Waals surface area contributed by atoms with E-state index in [1.165, 1.54) is 139 Å². The number of hydrogen-bond donors (Lipinski definition) is 0. The number of ether oxygens (including phenoxy) is 2. The van der Waals surface area contributed by atoms with Crippen molar-refractivity contribution >= 4 is 55.1 Å². The van der Waals surface area contributed by atoms with E-state index in [-0.39, 0.29) is 24.0 Å². The Morgan fingerprint density at radius 1 is 0.566 bits per heavy atom. The monoisotopic (exact) mass is 820 g/mol. The number of carbonyl (C=O) groups is 2. The van der Waals surface area contributed by atoms with Crippen molar-refractivity contribution in [2.75, 3.05) is 49.8 Å². The highest BCUT2D eigenvalue weighted by atomic mass is 33.1. The van der Waals surface area contributed by atoms with E-state index in [9.17, 15) is 9.59 Å². The summed E-state index contributed by atoms with van der Waals surface area (Å²) in [5.41, 5.74) is 0. The first-order valence-corrected chi connectivity index (χ1v) is 27.5. The largest absolute Gasteiger partial charge is 0.466 e. The Bertz CT molecular complexity index is 796. The molecule has 1 rings (SSSR count). The molecule has 1 aliphatic rings. The molecule has 5 nitrogen and oxygen atoms in total. The molecule has 1 heterocycles. The summed E-state index contributed by atoms with van der Waals surface area (Å²) in [4.78, 5) is 27.9. The van der Waals surface area contributed by atoms with Gasteiger partial charge in [-0.25, -0.2) is 0 Å². The molecule has 1 aliphatic heterocycles. The Morgan fingerprint density at radius 2 is 1.02 bits per heavy atom. The minimum atomic E-state index is -0.00950. The van der Waals surface area contributed by atoms with Crippen LogP contribution in [0.3, 0.4) is 0 Å². The zero-order valence-corrected chi connectivity index (χ0v) is 38.5. The van der Waals surface area contributed by atoms with Gasteiger partial charge in [-0.3, -0.25) is 9.59 Å². The normalized spacial score (nSPS) is 14.6. The van der Waals surface area contributed by atoms with Crippen molar-refractivity contribution in [3.8, 4) is 0 Å². The van der Waals surface area contributed by atoms with Gasteiger partial charge in [0.1, 0.15) is 6.10 Å². The second-order valence-corrected chi connectivity index (χ2v) is 21.1. The van der Waals surface area contributed by atoms with Crippen LogP contribution in [-0.4, -0.2) is 72.7 Å². The zero-order valence-electron chi connectivity index (χ0n) is 35.2. The van der Waals surface area contributed by atoms with Crippen molar-refractivity contribution in [2.45, 2.75) is 207 Å². The Kier molecular flexibility index (Phi) is 37.9. The third-order valence-electron chi connectivity index (χ3n) is 10.7. The number of carbonyl (C=O) groups excluding carboxylic acids is 2. The van der Waals surface area contributed by atoms with Crippen LogP contribution in [0.5, 0.6) is 0 Å². The van der Waals surface area contributed by atoms with Crippen LogP contribution in [0.15, 0.2) is 0 Å². The summed E-state index contributed by atoms with van der Waals surface area (Å²) >= 11 is 0. The Morgan fingerprint density at radius 3 is 1.53 bits per heavy atom. The standard InChI is InChI=1S/C44H85NO4S4/c1-5-8-11-12-13-14-17-20-27-42(49-44(47)41-30-33-45(4)34-31-41)28-21-18-15-16-19-22-29-43(46)48-35-32-40(25-23-38-52-50-36-9-6-2)26-24-39-53-51-37-10-7-3/h40-42H,5-39H2,1-4H3. The fourth-order valence-electron chi connectivity index (χ4n) is 6.97. The Balaban J connectivity index is 2.25. The third-order valence-corrected chi connectivity index (χ3v) is 15.8. The second-order valence-electron chi connectivity index (χ2n) is 15.7. The molecule has 0 spiro atoms. The fourth-order valence-corrected chi connectivity index (χ4v) is 11.7. The number of hydrogen-bond acceptors (Lipinski definition) is 9. The lowest BCUT2D eigenvalue weighted by Crippen LogP contribution is -2.35. The lowest BCUT2D eigenvalue weighted by Gasteiger charge is -2.29. The molecule has 0 amide bonds. The van der Waals surface area contributed by atoms with E-state index >= 15 is 0 Å². The summed E-state index contributed by atoms with van der Waals surface area (Å²) in [6, 6.07) is 0. The van der Waals surface area contributed by atoms with Crippen LogP contribution in [0.25, 0.3) is 0 Å². The highest BCUT2D eigenvalue weighted by Gasteiger charge is 2.26. The first-order valence-electron chi connectivity index (χ1n) is 22.5. The van der Waals surface area contributed by atoms with E-state index in [1.54, 1.807) is 0 Å². The van der Waals surface area contributed by atoms with Crippen LogP contribution in [0.2, 0.25) is 0 Å². The second kappa shape index (κ2) is 39.1. The quantitative estimate of drug-likeness (QED) is 0.0343. The van der Waals surface area contributed by atoms with Gasteiger partial charge in [0.05, 0.1) is 12.5 Å². The first kappa shape index (κ1) is 51.3. The van der Waals surface area contributed by atoms with Gasteiger partial charge >= 0.3 is 11.9 Å². The van der Waals surface area contributed by atoms with Crippen LogP contribution in [-0.2, 0) is 19.1 Å². The summed E-state index contributed by atoms with van der Waals surface area (Å²) in [5, 5.41) is 0. The van der Waals surface area contributed by atoms with Crippen LogP contribution < -0.4 is 0 Å². The fraction of sp³-hybridized carbons (Fsp3) is 0.955. The van der Waals surface area contributed by atoms with E-state index in [0.717, 1.165) is 70.9 Å². The van der Waals surface area contributed by atoms with Gasteiger partial charge < -0.3 is 14.4 Å². The lowest BCUT2D eigenvalue weighted by atomic mass is 9.95. The van der Waals surface area contributed by atoms with E-state index in [1.807, 2.05) is 43.2 Å². The van der Waals surface area contributed by atoms with Gasteiger partial charge in [-0.15, -0.1) is 0 Å². The van der Waals surface area contributed by atoms with Crippen LogP contribution in [0, 0.1) is 11.8 Å². The topological polar surface area (TPSA) is 55.8 Å². The molecule has 0 radical (unpaired) electrons. The molecule has 1 unspecified atom stereocenters. The summed E-state index contributed by atoms with van der Waals surface area (Å²) in [6.07, 6.45) is 32.9. The lowest BCUT2D eigenvalue weighted by molar-refractivity contribution is -0.156. The average Bonchev–Trinajstić information content (AvgIpc) is 3.15. The van der Waals surface area contributed by atoms with Crippen LogP contribution >= 0.6 is 43.2 Å². The van der Waals surface area contributed by atoms with Gasteiger partial charge in [-0.2, -0.15) is 0 Å². The number of nitrogens with zero attached hydrogens (tertiary/aromatic N) is 1. The molecule has 0 bridgehead atoms. The number of piperidine rings is 1. The maximum atomic E-state index is 13.0. The Hall–Kier alpha value is 0.300. The number of rotatable bonds is 39. The van der Waals surface area contributed by atoms with Crippen molar-refractivity contribution < 1.29 is 19.1 Å². The molecule has 1 fully saturated rings. The molecule has 0 aromatic rings. The van der Waals surface area contributed by atoms with E-state index in [0.29, 0.717) is 18.9 Å². The average molecular weight is 820 g/mol. The minimum absolute atomic E-state index is 0.00950. The van der Waals surface area contributed by atoms with Gasteiger partial charge in [-0.05, 0) is 116 Å². The van der Waals surface area contributed by atoms with Gasteiger partial charge in [0.25, 0.3) is 0 Å². The minimum Gasteiger partial charge on any atom is -0.466 e. The molecule has 0 aromatic heterocycles. The highest BCUT2D eigenvalue weighted by Crippen LogP contribution is 2.29. The third kappa shape index (κ3) is 33.0. The van der Waals surface area contributed by atoms with Crippen LogP contribution in [0.1, 0.15) is 201 Å². The number of esters is 2. The smallest absolute Gasteiger partial charge is 0.309 e. The molecule has 1 atom stereocenters. The van der Waals surface area contributed by atoms with Gasteiger partial charge in [0, 0.05) is 29.4 Å². The highest BCUT2D eigenvalue weighted by molar-refractivity contribution is 8.77. The predicted molar refractivity (Wildman–Crippen MR) is 241 cm³/mol. The molecule has 9 heteroatoms.